The lowest BCUT2D eigenvalue weighted by molar-refractivity contribution is 0.0947. The largest absolute Gasteiger partial charge is 0.497 e. The molecule has 1 heterocycles. The van der Waals surface area contributed by atoms with E-state index in [1.54, 1.807) is 31.6 Å². The van der Waals surface area contributed by atoms with Crippen LogP contribution in [0.15, 0.2) is 30.6 Å². The van der Waals surface area contributed by atoms with Gasteiger partial charge in [-0.1, -0.05) is 0 Å². The average Bonchev–Trinajstić information content (AvgIpc) is 3.44. The molecule has 0 spiro atoms. The van der Waals surface area contributed by atoms with Crippen LogP contribution in [0, 0.1) is 0 Å². The molecule has 0 unspecified atom stereocenters. The van der Waals surface area contributed by atoms with Crippen LogP contribution in [-0.4, -0.2) is 30.1 Å². The van der Waals surface area contributed by atoms with E-state index < -0.39 is 0 Å². The van der Waals surface area contributed by atoms with E-state index >= 15 is 0 Å². The standard InChI is InChI=1S/C17H19N3O3/c1-22-13-5-6-16(23-2)14(8-13)17(21)18-9-12-7-15(11-3-4-11)20-10-19-12/h5-8,10-11H,3-4,9H2,1-2H3,(H,18,21). The van der Waals surface area contributed by atoms with E-state index in [4.69, 9.17) is 9.47 Å². The van der Waals surface area contributed by atoms with Crippen molar-refractivity contribution in [3.63, 3.8) is 0 Å². The van der Waals surface area contributed by atoms with Crippen LogP contribution in [-0.2, 0) is 6.54 Å². The second-order valence-electron chi connectivity index (χ2n) is 5.46. The first-order chi connectivity index (χ1) is 11.2. The summed E-state index contributed by atoms with van der Waals surface area (Å²) >= 11 is 0. The maximum Gasteiger partial charge on any atom is 0.255 e. The molecule has 6 heteroatoms. The van der Waals surface area contributed by atoms with Crippen molar-refractivity contribution >= 4 is 5.91 Å². The lowest BCUT2D eigenvalue weighted by atomic mass is 10.1. The molecule has 1 N–H and O–H groups in total. The van der Waals surface area contributed by atoms with Gasteiger partial charge in [0, 0.05) is 11.6 Å². The second-order valence-corrected chi connectivity index (χ2v) is 5.46. The van der Waals surface area contributed by atoms with Crippen LogP contribution < -0.4 is 14.8 Å². The van der Waals surface area contributed by atoms with E-state index in [0.29, 0.717) is 29.5 Å². The van der Waals surface area contributed by atoms with E-state index in [-0.39, 0.29) is 5.91 Å². The molecular formula is C17H19N3O3. The van der Waals surface area contributed by atoms with E-state index in [2.05, 4.69) is 15.3 Å². The number of carbonyl (C=O) groups excluding carboxylic acids is 1. The minimum atomic E-state index is -0.229. The molecule has 1 aromatic heterocycles. The van der Waals surface area contributed by atoms with E-state index in [1.165, 1.54) is 20.0 Å². The van der Waals surface area contributed by atoms with Gasteiger partial charge in [-0.2, -0.15) is 0 Å². The Labute approximate surface area is 134 Å². The zero-order valence-corrected chi connectivity index (χ0v) is 13.2. The summed E-state index contributed by atoms with van der Waals surface area (Å²) in [4.78, 5) is 20.9. The van der Waals surface area contributed by atoms with Gasteiger partial charge in [-0.25, -0.2) is 9.97 Å². The molecule has 1 aliphatic carbocycles. The number of hydrogen-bond donors (Lipinski definition) is 1. The van der Waals surface area contributed by atoms with Crippen LogP contribution >= 0.6 is 0 Å². The van der Waals surface area contributed by atoms with Crippen molar-refractivity contribution in [2.24, 2.45) is 0 Å². The van der Waals surface area contributed by atoms with Gasteiger partial charge in [0.25, 0.3) is 5.91 Å². The number of ether oxygens (including phenoxy) is 2. The topological polar surface area (TPSA) is 73.3 Å². The highest BCUT2D eigenvalue weighted by molar-refractivity contribution is 5.97. The number of aromatic nitrogens is 2. The molecule has 0 radical (unpaired) electrons. The normalized spacial score (nSPS) is 13.5. The van der Waals surface area contributed by atoms with Crippen LogP contribution in [0.25, 0.3) is 0 Å². The predicted molar refractivity (Wildman–Crippen MR) is 84.7 cm³/mol. The molecule has 0 saturated heterocycles. The van der Waals surface area contributed by atoms with Crippen LogP contribution in [0.1, 0.15) is 40.5 Å². The Morgan fingerprint density at radius 1 is 1.22 bits per heavy atom. The molecule has 23 heavy (non-hydrogen) atoms. The molecule has 0 bridgehead atoms. The third-order valence-electron chi connectivity index (χ3n) is 3.82. The Morgan fingerprint density at radius 3 is 2.74 bits per heavy atom. The average molecular weight is 313 g/mol. The highest BCUT2D eigenvalue weighted by atomic mass is 16.5. The number of nitrogens with one attached hydrogen (secondary N) is 1. The first-order valence-corrected chi connectivity index (χ1v) is 7.52. The molecule has 0 aliphatic heterocycles. The Bertz CT molecular complexity index is 714. The number of carbonyl (C=O) groups is 1. The number of methoxy groups -OCH3 is 2. The number of nitrogens with zero attached hydrogens (tertiary/aromatic N) is 2. The van der Waals surface area contributed by atoms with Gasteiger partial charge in [0.2, 0.25) is 0 Å². The summed E-state index contributed by atoms with van der Waals surface area (Å²) in [7, 11) is 3.09. The molecule has 0 atom stereocenters. The maximum absolute atomic E-state index is 12.4. The van der Waals surface area contributed by atoms with Crippen molar-refractivity contribution in [2.45, 2.75) is 25.3 Å². The molecule has 120 valence electrons. The smallest absolute Gasteiger partial charge is 0.255 e. The second kappa shape index (κ2) is 6.64. The maximum atomic E-state index is 12.4. The van der Waals surface area contributed by atoms with Crippen molar-refractivity contribution in [1.29, 1.82) is 0 Å². The van der Waals surface area contributed by atoms with Crippen molar-refractivity contribution in [1.82, 2.24) is 15.3 Å². The van der Waals surface area contributed by atoms with E-state index in [1.807, 2.05) is 6.07 Å². The first-order valence-electron chi connectivity index (χ1n) is 7.52. The molecule has 1 aliphatic rings. The lowest BCUT2D eigenvalue weighted by Crippen LogP contribution is -2.24. The fourth-order valence-electron chi connectivity index (χ4n) is 2.37. The molecular weight excluding hydrogens is 294 g/mol. The molecule has 3 rings (SSSR count). The van der Waals surface area contributed by atoms with Crippen LogP contribution in [0.2, 0.25) is 0 Å². The Hall–Kier alpha value is -2.63. The summed E-state index contributed by atoms with van der Waals surface area (Å²) in [5, 5.41) is 2.86. The number of hydrogen-bond acceptors (Lipinski definition) is 5. The van der Waals surface area contributed by atoms with Gasteiger partial charge in [0.05, 0.1) is 32.0 Å². The van der Waals surface area contributed by atoms with Crippen LogP contribution in [0.5, 0.6) is 11.5 Å². The van der Waals surface area contributed by atoms with E-state index in [0.717, 1.165) is 11.4 Å². The summed E-state index contributed by atoms with van der Waals surface area (Å²) in [6.07, 6.45) is 3.93. The Morgan fingerprint density at radius 2 is 2.04 bits per heavy atom. The Kier molecular flexibility index (Phi) is 4.41. The molecule has 1 fully saturated rings. The lowest BCUT2D eigenvalue weighted by Gasteiger charge is -2.11. The van der Waals surface area contributed by atoms with Crippen LogP contribution in [0.3, 0.4) is 0 Å². The summed E-state index contributed by atoms with van der Waals surface area (Å²) in [5.74, 6) is 1.44. The highest BCUT2D eigenvalue weighted by Gasteiger charge is 2.25. The molecule has 1 saturated carbocycles. The van der Waals surface area contributed by atoms with Crippen molar-refractivity contribution < 1.29 is 14.3 Å². The van der Waals surface area contributed by atoms with Gasteiger partial charge >= 0.3 is 0 Å². The molecule has 2 aromatic rings. The molecule has 6 nitrogen and oxygen atoms in total. The van der Waals surface area contributed by atoms with Crippen molar-refractivity contribution in [3.8, 4) is 11.5 Å². The quantitative estimate of drug-likeness (QED) is 0.886. The monoisotopic (exact) mass is 313 g/mol. The highest BCUT2D eigenvalue weighted by Crippen LogP contribution is 2.38. The minimum absolute atomic E-state index is 0.229. The summed E-state index contributed by atoms with van der Waals surface area (Å²) in [6.45, 7) is 0.349. The summed E-state index contributed by atoms with van der Waals surface area (Å²) in [5.41, 5.74) is 2.30. The first kappa shape index (κ1) is 15.3. The SMILES string of the molecule is COc1ccc(OC)c(C(=O)NCc2cc(C3CC3)ncn2)c1. The Balaban J connectivity index is 1.70. The van der Waals surface area contributed by atoms with Crippen molar-refractivity contribution in [3.05, 3.63) is 47.5 Å². The predicted octanol–water partition coefficient (Wildman–Crippen LogP) is 2.30. The molecule has 1 aromatic carbocycles. The van der Waals surface area contributed by atoms with Gasteiger partial charge in [0.1, 0.15) is 17.8 Å². The fourth-order valence-corrected chi connectivity index (χ4v) is 2.37. The molecule has 1 amide bonds. The van der Waals surface area contributed by atoms with Gasteiger partial charge in [-0.05, 0) is 37.1 Å². The number of rotatable bonds is 6. The minimum Gasteiger partial charge on any atom is -0.497 e. The van der Waals surface area contributed by atoms with Gasteiger partial charge < -0.3 is 14.8 Å². The van der Waals surface area contributed by atoms with Gasteiger partial charge in [0.15, 0.2) is 0 Å². The zero-order valence-electron chi connectivity index (χ0n) is 13.2. The van der Waals surface area contributed by atoms with Gasteiger partial charge in [-0.3, -0.25) is 4.79 Å². The zero-order chi connectivity index (χ0) is 16.2. The third kappa shape index (κ3) is 3.59. The van der Waals surface area contributed by atoms with Crippen molar-refractivity contribution in [2.75, 3.05) is 14.2 Å². The number of benzene rings is 1. The number of amides is 1. The summed E-state index contributed by atoms with van der Waals surface area (Å²) in [6, 6.07) is 7.08. The van der Waals surface area contributed by atoms with E-state index in [9.17, 15) is 4.79 Å². The summed E-state index contributed by atoms with van der Waals surface area (Å²) < 4.78 is 10.4. The van der Waals surface area contributed by atoms with Crippen LogP contribution in [0.4, 0.5) is 0 Å². The van der Waals surface area contributed by atoms with Gasteiger partial charge in [-0.15, -0.1) is 0 Å². The fraction of sp³-hybridized carbons (Fsp3) is 0.353. The third-order valence-corrected chi connectivity index (χ3v) is 3.82.